The largest absolute Gasteiger partial charge is 0.491 e. The molecule has 1 aromatic heterocycles. The quantitative estimate of drug-likeness (QED) is 0.649. The molecule has 0 radical (unpaired) electrons. The number of rotatable bonds is 7. The number of hydrogen-bond donors (Lipinski definition) is 1. The third-order valence-electron chi connectivity index (χ3n) is 4.32. The summed E-state index contributed by atoms with van der Waals surface area (Å²) >= 11 is 0. The van der Waals surface area contributed by atoms with Crippen LogP contribution in [0.4, 0.5) is 0 Å². The first-order valence-corrected chi connectivity index (χ1v) is 8.59. The van der Waals surface area contributed by atoms with Crippen molar-refractivity contribution in [2.45, 2.75) is 13.3 Å². The van der Waals surface area contributed by atoms with Gasteiger partial charge in [-0.2, -0.15) is 0 Å². The first kappa shape index (κ1) is 18.7. The van der Waals surface area contributed by atoms with E-state index in [2.05, 4.69) is 0 Å². The van der Waals surface area contributed by atoms with Crippen molar-refractivity contribution >= 4 is 22.8 Å². The van der Waals surface area contributed by atoms with E-state index in [1.807, 2.05) is 19.1 Å². The Hall–Kier alpha value is -3.12. The van der Waals surface area contributed by atoms with Crippen LogP contribution in [0.5, 0.6) is 5.75 Å². The van der Waals surface area contributed by atoms with E-state index < -0.39 is 5.97 Å². The lowest BCUT2D eigenvalue weighted by Crippen LogP contribution is -2.13. The summed E-state index contributed by atoms with van der Waals surface area (Å²) in [6.07, 6.45) is -0.0809. The zero-order valence-electron chi connectivity index (χ0n) is 15.3. The zero-order chi connectivity index (χ0) is 19.4. The topological polar surface area (TPSA) is 77.8 Å². The first-order chi connectivity index (χ1) is 13.0. The van der Waals surface area contributed by atoms with Gasteiger partial charge in [-0.05, 0) is 48.9 Å². The lowest BCUT2D eigenvalue weighted by Gasteiger charge is -2.09. The summed E-state index contributed by atoms with van der Waals surface area (Å²) in [5.41, 5.74) is 2.68. The minimum atomic E-state index is -0.900. The van der Waals surface area contributed by atoms with Crippen LogP contribution in [0.2, 0.25) is 0 Å². The van der Waals surface area contributed by atoms with Crippen LogP contribution in [0, 0.1) is 6.92 Å². The molecule has 140 valence electrons. The summed E-state index contributed by atoms with van der Waals surface area (Å²) in [6.45, 7) is 2.77. The van der Waals surface area contributed by atoms with Gasteiger partial charge in [0.25, 0.3) is 5.91 Å². The summed E-state index contributed by atoms with van der Waals surface area (Å²) in [4.78, 5) is 24.1. The number of carboxylic acid groups (broad SMARTS) is 1. The molecule has 0 aliphatic rings. The Morgan fingerprint density at radius 1 is 1.07 bits per heavy atom. The molecule has 0 aliphatic heterocycles. The summed E-state index contributed by atoms with van der Waals surface area (Å²) in [5.74, 6) is -0.400. The molecule has 0 saturated heterocycles. The number of aromatic nitrogens is 1. The molecule has 0 spiro atoms. The Morgan fingerprint density at radius 3 is 2.48 bits per heavy atom. The molecule has 0 aliphatic carbocycles. The van der Waals surface area contributed by atoms with Crippen LogP contribution >= 0.6 is 0 Å². The minimum Gasteiger partial charge on any atom is -0.491 e. The molecule has 6 nitrogen and oxygen atoms in total. The highest BCUT2D eigenvalue weighted by Gasteiger charge is 2.17. The molecule has 6 heteroatoms. The second kappa shape index (κ2) is 8.05. The number of aliphatic carboxylic acids is 1. The number of aryl methyl sites for hydroxylation is 1. The number of fused-ring (bicyclic) bond motifs is 1. The molecular formula is C21H21NO5. The highest BCUT2D eigenvalue weighted by atomic mass is 16.5. The van der Waals surface area contributed by atoms with Gasteiger partial charge >= 0.3 is 5.97 Å². The molecule has 0 bridgehead atoms. The van der Waals surface area contributed by atoms with E-state index in [1.165, 1.54) is 0 Å². The van der Waals surface area contributed by atoms with E-state index in [0.717, 1.165) is 11.1 Å². The predicted octanol–water partition coefficient (Wildman–Crippen LogP) is 3.29. The number of hydrogen-bond acceptors (Lipinski definition) is 4. The van der Waals surface area contributed by atoms with Crippen molar-refractivity contribution in [1.82, 2.24) is 4.57 Å². The lowest BCUT2D eigenvalue weighted by molar-refractivity contribution is -0.136. The molecule has 3 rings (SSSR count). The third kappa shape index (κ3) is 4.01. The van der Waals surface area contributed by atoms with Gasteiger partial charge in [0.2, 0.25) is 0 Å². The van der Waals surface area contributed by atoms with E-state index >= 15 is 0 Å². The highest BCUT2D eigenvalue weighted by Crippen LogP contribution is 2.25. The molecule has 2 aromatic carbocycles. The fourth-order valence-electron chi connectivity index (χ4n) is 3.08. The van der Waals surface area contributed by atoms with Crippen LogP contribution in [-0.2, 0) is 16.0 Å². The van der Waals surface area contributed by atoms with Crippen LogP contribution in [0.1, 0.15) is 21.6 Å². The normalized spacial score (nSPS) is 10.9. The number of methoxy groups -OCH3 is 1. The van der Waals surface area contributed by atoms with E-state index in [0.29, 0.717) is 35.6 Å². The summed E-state index contributed by atoms with van der Waals surface area (Å²) < 4.78 is 12.1. The first-order valence-electron chi connectivity index (χ1n) is 8.59. The van der Waals surface area contributed by atoms with E-state index in [1.54, 1.807) is 48.1 Å². The predicted molar refractivity (Wildman–Crippen MR) is 102 cm³/mol. The van der Waals surface area contributed by atoms with Crippen LogP contribution in [0.25, 0.3) is 10.9 Å². The standard InChI is InChI=1S/C21H21NO5/c1-14-12-18-16(13-20(23)24)4-3-5-19(18)22(14)21(25)15-6-8-17(9-7-15)27-11-10-26-2/h3-9,12H,10-11,13H2,1-2H3,(H,23,24). The van der Waals surface area contributed by atoms with Gasteiger partial charge in [-0.1, -0.05) is 12.1 Å². The SMILES string of the molecule is COCCOc1ccc(C(=O)n2c(C)cc3c(CC(=O)O)cccc32)cc1. The van der Waals surface area contributed by atoms with Crippen molar-refractivity contribution < 1.29 is 24.2 Å². The second-order valence-electron chi connectivity index (χ2n) is 6.21. The number of carbonyl (C=O) groups is 2. The maximum atomic E-state index is 13.0. The molecular weight excluding hydrogens is 346 g/mol. The number of nitrogens with zero attached hydrogens (tertiary/aromatic N) is 1. The molecule has 27 heavy (non-hydrogen) atoms. The number of carbonyl (C=O) groups excluding carboxylic acids is 1. The van der Waals surface area contributed by atoms with E-state index in [9.17, 15) is 9.59 Å². The molecule has 1 heterocycles. The van der Waals surface area contributed by atoms with Gasteiger partial charge in [-0.3, -0.25) is 14.2 Å². The van der Waals surface area contributed by atoms with Crippen LogP contribution in [-0.4, -0.2) is 41.9 Å². The maximum absolute atomic E-state index is 13.0. The van der Waals surface area contributed by atoms with Gasteiger partial charge in [0.1, 0.15) is 12.4 Å². The fourth-order valence-corrected chi connectivity index (χ4v) is 3.08. The Morgan fingerprint density at radius 2 is 1.81 bits per heavy atom. The zero-order valence-corrected chi connectivity index (χ0v) is 15.3. The third-order valence-corrected chi connectivity index (χ3v) is 4.32. The Labute approximate surface area is 156 Å². The second-order valence-corrected chi connectivity index (χ2v) is 6.21. The molecule has 0 fully saturated rings. The summed E-state index contributed by atoms with van der Waals surface area (Å²) in [5, 5.41) is 9.88. The van der Waals surface area contributed by atoms with Crippen LogP contribution < -0.4 is 4.74 Å². The lowest BCUT2D eigenvalue weighted by atomic mass is 10.1. The van der Waals surface area contributed by atoms with Crippen LogP contribution in [0.15, 0.2) is 48.5 Å². The van der Waals surface area contributed by atoms with Gasteiger partial charge in [-0.25, -0.2) is 0 Å². The van der Waals surface area contributed by atoms with Crippen molar-refractivity contribution in [1.29, 1.82) is 0 Å². The summed E-state index contributed by atoms with van der Waals surface area (Å²) in [6, 6.07) is 14.2. The van der Waals surface area contributed by atoms with Crippen molar-refractivity contribution in [3.05, 3.63) is 65.4 Å². The van der Waals surface area contributed by atoms with Crippen molar-refractivity contribution in [3.8, 4) is 5.75 Å². The molecule has 0 atom stereocenters. The Balaban J connectivity index is 1.91. The minimum absolute atomic E-state index is 0.0809. The number of ether oxygens (including phenoxy) is 2. The molecule has 0 saturated carbocycles. The fraction of sp³-hybridized carbons (Fsp3) is 0.238. The maximum Gasteiger partial charge on any atom is 0.307 e. The van der Waals surface area contributed by atoms with Crippen molar-refractivity contribution in [3.63, 3.8) is 0 Å². The number of carboxylic acids is 1. The monoisotopic (exact) mass is 367 g/mol. The summed E-state index contributed by atoms with van der Waals surface area (Å²) in [7, 11) is 1.61. The highest BCUT2D eigenvalue weighted by molar-refractivity contribution is 6.04. The van der Waals surface area contributed by atoms with Gasteiger partial charge < -0.3 is 14.6 Å². The van der Waals surface area contributed by atoms with E-state index in [-0.39, 0.29) is 12.3 Å². The van der Waals surface area contributed by atoms with Gasteiger partial charge in [0, 0.05) is 23.8 Å². The van der Waals surface area contributed by atoms with Crippen LogP contribution in [0.3, 0.4) is 0 Å². The average Bonchev–Trinajstić information content (AvgIpc) is 2.98. The molecule has 0 amide bonds. The number of benzene rings is 2. The molecule has 0 unspecified atom stereocenters. The van der Waals surface area contributed by atoms with Gasteiger partial charge in [0.05, 0.1) is 18.5 Å². The van der Waals surface area contributed by atoms with Crippen molar-refractivity contribution in [2.24, 2.45) is 0 Å². The van der Waals surface area contributed by atoms with Crippen molar-refractivity contribution in [2.75, 3.05) is 20.3 Å². The molecule has 1 N–H and O–H groups in total. The average molecular weight is 367 g/mol. The molecule has 3 aromatic rings. The van der Waals surface area contributed by atoms with Gasteiger partial charge in [0.15, 0.2) is 0 Å². The Bertz CT molecular complexity index is 972. The van der Waals surface area contributed by atoms with E-state index in [4.69, 9.17) is 14.6 Å². The van der Waals surface area contributed by atoms with Gasteiger partial charge in [-0.15, -0.1) is 0 Å². The smallest absolute Gasteiger partial charge is 0.307 e. The Kier molecular flexibility index (Phi) is 5.57.